The van der Waals surface area contributed by atoms with E-state index in [0.29, 0.717) is 43.9 Å². The molecule has 0 atom stereocenters. The van der Waals surface area contributed by atoms with E-state index in [0.717, 1.165) is 0 Å². The molecule has 0 fully saturated rings. The molecule has 0 bridgehead atoms. The highest BCUT2D eigenvalue weighted by atomic mass is 35.5. The van der Waals surface area contributed by atoms with Gasteiger partial charge in [-0.3, -0.25) is 9.98 Å². The molecule has 0 aliphatic heterocycles. The fourth-order valence-corrected chi connectivity index (χ4v) is 2.68. The molecule has 0 saturated carbocycles. The van der Waals surface area contributed by atoms with Crippen molar-refractivity contribution in [2.24, 2.45) is 9.98 Å². The Bertz CT molecular complexity index is 1010. The molecule has 3 aromatic rings. The molecule has 8 heteroatoms. The fourth-order valence-electron chi connectivity index (χ4n) is 2.36. The van der Waals surface area contributed by atoms with Crippen LogP contribution in [0.15, 0.2) is 58.5 Å². The molecule has 0 heterocycles. The zero-order valence-electron chi connectivity index (χ0n) is 14.5. The van der Waals surface area contributed by atoms with E-state index in [9.17, 15) is 10.2 Å². The first-order valence-electron chi connectivity index (χ1n) is 8.07. The van der Waals surface area contributed by atoms with Crippen molar-refractivity contribution in [1.82, 2.24) is 0 Å². The van der Waals surface area contributed by atoms with Gasteiger partial charge in [-0.05, 0) is 48.5 Å². The summed E-state index contributed by atoms with van der Waals surface area (Å²) in [5.74, 6) is 0.0699. The Hall–Kier alpha value is -3.22. The van der Waals surface area contributed by atoms with Crippen molar-refractivity contribution in [2.45, 2.75) is 0 Å². The van der Waals surface area contributed by atoms with Crippen molar-refractivity contribution in [3.63, 3.8) is 0 Å². The number of rotatable bonds is 4. The average molecular weight is 415 g/mol. The van der Waals surface area contributed by atoms with Gasteiger partial charge in [-0.2, -0.15) is 0 Å². The molecular weight excluding hydrogens is 399 g/mol. The third-order valence-electron chi connectivity index (χ3n) is 3.81. The molecule has 0 saturated heterocycles. The van der Waals surface area contributed by atoms with Crippen molar-refractivity contribution in [3.05, 3.63) is 69.7 Å². The maximum atomic E-state index is 9.93. The summed E-state index contributed by atoms with van der Waals surface area (Å²) in [7, 11) is 0. The van der Waals surface area contributed by atoms with Crippen LogP contribution in [0.4, 0.5) is 22.7 Å². The largest absolute Gasteiger partial charge is 0.507 e. The standard InChI is InChI=1S/C20H16Cl2N4O2/c21-15-7-17(25-9-11-5-13(23)1-3-19(11)27)18(8-16(15)22)26-10-12-6-14(24)2-4-20(12)28/h1-10,27-28H,23-24H2. The van der Waals surface area contributed by atoms with Crippen molar-refractivity contribution >= 4 is 58.4 Å². The molecular formula is C20H16Cl2N4O2. The van der Waals surface area contributed by atoms with E-state index in [1.807, 2.05) is 0 Å². The van der Waals surface area contributed by atoms with E-state index < -0.39 is 0 Å². The van der Waals surface area contributed by atoms with Gasteiger partial charge in [-0.25, -0.2) is 0 Å². The topological polar surface area (TPSA) is 117 Å². The number of hydrogen-bond donors (Lipinski definition) is 4. The van der Waals surface area contributed by atoms with Gasteiger partial charge in [-0.15, -0.1) is 0 Å². The number of hydrogen-bond acceptors (Lipinski definition) is 6. The predicted octanol–water partition coefficient (Wildman–Crippen LogP) is 5.07. The second kappa shape index (κ2) is 8.21. The zero-order valence-corrected chi connectivity index (χ0v) is 16.0. The first-order valence-corrected chi connectivity index (χ1v) is 8.83. The van der Waals surface area contributed by atoms with Gasteiger partial charge in [0.2, 0.25) is 0 Å². The minimum Gasteiger partial charge on any atom is -0.507 e. The van der Waals surface area contributed by atoms with Crippen molar-refractivity contribution < 1.29 is 10.2 Å². The highest BCUT2D eigenvalue weighted by molar-refractivity contribution is 6.42. The number of benzene rings is 3. The first-order chi connectivity index (χ1) is 13.3. The summed E-state index contributed by atoms with van der Waals surface area (Å²) < 4.78 is 0. The van der Waals surface area contributed by atoms with Crippen LogP contribution in [0.25, 0.3) is 0 Å². The summed E-state index contributed by atoms with van der Waals surface area (Å²) in [6.07, 6.45) is 2.89. The number of nitrogen functional groups attached to an aromatic ring is 2. The lowest BCUT2D eigenvalue weighted by Gasteiger charge is -2.05. The minimum atomic E-state index is 0.0349. The van der Waals surface area contributed by atoms with Crippen LogP contribution < -0.4 is 11.5 Å². The molecule has 28 heavy (non-hydrogen) atoms. The molecule has 0 aliphatic rings. The number of phenols is 2. The van der Waals surface area contributed by atoms with E-state index in [4.69, 9.17) is 34.7 Å². The Balaban J connectivity index is 2.01. The molecule has 0 radical (unpaired) electrons. The van der Waals surface area contributed by atoms with Crippen LogP contribution in [0.3, 0.4) is 0 Å². The number of aromatic hydroxyl groups is 2. The van der Waals surface area contributed by atoms with E-state index >= 15 is 0 Å². The quantitative estimate of drug-likeness (QED) is 0.270. The Morgan fingerprint density at radius 1 is 0.679 bits per heavy atom. The van der Waals surface area contributed by atoms with Crippen LogP contribution in [0.5, 0.6) is 11.5 Å². The van der Waals surface area contributed by atoms with Gasteiger partial charge in [-0.1, -0.05) is 23.2 Å². The molecule has 3 aromatic carbocycles. The lowest BCUT2D eigenvalue weighted by molar-refractivity contribution is 0.474. The van der Waals surface area contributed by atoms with Gasteiger partial charge in [0.1, 0.15) is 11.5 Å². The zero-order chi connectivity index (χ0) is 20.3. The van der Waals surface area contributed by atoms with E-state index in [1.54, 1.807) is 36.4 Å². The number of anilines is 2. The summed E-state index contributed by atoms with van der Waals surface area (Å²) in [5.41, 5.74) is 14.2. The lowest BCUT2D eigenvalue weighted by Crippen LogP contribution is -1.89. The molecule has 0 spiro atoms. The number of aliphatic imine (C=N–C) groups is 2. The molecule has 0 aliphatic carbocycles. The number of phenolic OH excluding ortho intramolecular Hbond substituents is 2. The van der Waals surface area contributed by atoms with Crippen LogP contribution >= 0.6 is 23.2 Å². The number of nitrogens with two attached hydrogens (primary N) is 2. The van der Waals surface area contributed by atoms with Gasteiger partial charge in [0.15, 0.2) is 0 Å². The molecule has 0 aromatic heterocycles. The van der Waals surface area contributed by atoms with Gasteiger partial charge < -0.3 is 21.7 Å². The average Bonchev–Trinajstić information content (AvgIpc) is 2.66. The van der Waals surface area contributed by atoms with Crippen molar-refractivity contribution in [2.75, 3.05) is 11.5 Å². The Morgan fingerprint density at radius 3 is 1.46 bits per heavy atom. The highest BCUT2D eigenvalue weighted by Crippen LogP contribution is 2.36. The second-order valence-electron chi connectivity index (χ2n) is 5.91. The molecule has 3 rings (SSSR count). The summed E-state index contributed by atoms with van der Waals surface area (Å²) in [6.45, 7) is 0. The molecule has 0 amide bonds. The summed E-state index contributed by atoms with van der Waals surface area (Å²) in [6, 6.07) is 12.4. The Kier molecular flexibility index (Phi) is 5.73. The Morgan fingerprint density at radius 2 is 1.07 bits per heavy atom. The lowest BCUT2D eigenvalue weighted by atomic mass is 10.2. The summed E-state index contributed by atoms with van der Waals surface area (Å²) in [5, 5.41) is 20.5. The normalized spacial score (nSPS) is 11.5. The summed E-state index contributed by atoms with van der Waals surface area (Å²) >= 11 is 12.2. The van der Waals surface area contributed by atoms with Gasteiger partial charge in [0, 0.05) is 34.9 Å². The van der Waals surface area contributed by atoms with E-state index in [1.165, 1.54) is 24.6 Å². The third kappa shape index (κ3) is 4.54. The van der Waals surface area contributed by atoms with Gasteiger partial charge in [0.05, 0.1) is 21.4 Å². The fraction of sp³-hybridized carbons (Fsp3) is 0. The predicted molar refractivity (Wildman–Crippen MR) is 116 cm³/mol. The monoisotopic (exact) mass is 414 g/mol. The third-order valence-corrected chi connectivity index (χ3v) is 4.53. The van der Waals surface area contributed by atoms with Crippen LogP contribution in [-0.2, 0) is 0 Å². The van der Waals surface area contributed by atoms with Gasteiger partial charge >= 0.3 is 0 Å². The molecule has 0 unspecified atom stereocenters. The smallest absolute Gasteiger partial charge is 0.124 e. The second-order valence-corrected chi connectivity index (χ2v) is 6.72. The molecule has 6 nitrogen and oxygen atoms in total. The molecule has 6 N–H and O–H groups in total. The van der Waals surface area contributed by atoms with Crippen LogP contribution in [0.2, 0.25) is 10.0 Å². The molecule has 142 valence electrons. The van der Waals surface area contributed by atoms with Crippen LogP contribution in [-0.4, -0.2) is 22.6 Å². The van der Waals surface area contributed by atoms with Crippen molar-refractivity contribution in [1.29, 1.82) is 0 Å². The highest BCUT2D eigenvalue weighted by Gasteiger charge is 2.07. The van der Waals surface area contributed by atoms with Crippen molar-refractivity contribution in [3.8, 4) is 11.5 Å². The van der Waals surface area contributed by atoms with E-state index in [-0.39, 0.29) is 11.5 Å². The maximum absolute atomic E-state index is 9.93. The van der Waals surface area contributed by atoms with Crippen LogP contribution in [0.1, 0.15) is 11.1 Å². The minimum absolute atomic E-state index is 0.0349. The SMILES string of the molecule is Nc1ccc(O)c(C=Nc2cc(Cl)c(Cl)cc2N=Cc2cc(N)ccc2O)c1. The number of nitrogens with zero attached hydrogens (tertiary/aromatic N) is 2. The summed E-state index contributed by atoms with van der Waals surface area (Å²) in [4.78, 5) is 8.70. The van der Waals surface area contributed by atoms with Gasteiger partial charge in [0.25, 0.3) is 0 Å². The number of halogens is 2. The van der Waals surface area contributed by atoms with E-state index in [2.05, 4.69) is 9.98 Å². The Labute approximate surface area is 171 Å². The first kappa shape index (κ1) is 19.5. The van der Waals surface area contributed by atoms with Crippen LogP contribution in [0, 0.1) is 0 Å². The maximum Gasteiger partial charge on any atom is 0.124 e.